The van der Waals surface area contributed by atoms with Crippen LogP contribution < -0.4 is 5.32 Å². The molecule has 1 aliphatic carbocycles. The second kappa shape index (κ2) is 6.20. The van der Waals surface area contributed by atoms with Gasteiger partial charge in [-0.25, -0.2) is 0 Å². The zero-order chi connectivity index (χ0) is 12.1. The van der Waals surface area contributed by atoms with Gasteiger partial charge in [0.1, 0.15) is 0 Å². The third-order valence-electron chi connectivity index (χ3n) is 3.74. The van der Waals surface area contributed by atoms with Crippen LogP contribution >= 0.6 is 0 Å². The van der Waals surface area contributed by atoms with Gasteiger partial charge in [-0.3, -0.25) is 4.68 Å². The van der Waals surface area contributed by atoms with Crippen molar-refractivity contribution in [3.8, 4) is 0 Å². The fraction of sp³-hybridized carbons (Fsp3) is 0.786. The lowest BCUT2D eigenvalue weighted by atomic mass is 9.99. The lowest BCUT2D eigenvalue weighted by Crippen LogP contribution is -2.32. The maximum atomic E-state index is 4.45. The molecule has 0 spiro atoms. The summed E-state index contributed by atoms with van der Waals surface area (Å²) in [6, 6.07) is 2.88. The summed E-state index contributed by atoms with van der Waals surface area (Å²) in [5, 5.41) is 8.15. The molecular weight excluding hydrogens is 210 g/mol. The highest BCUT2D eigenvalue weighted by Gasteiger charge is 2.30. The first-order valence-electron chi connectivity index (χ1n) is 7.11. The minimum Gasteiger partial charge on any atom is -0.313 e. The summed E-state index contributed by atoms with van der Waals surface area (Å²) in [7, 11) is 0. The number of aryl methyl sites for hydroxylation is 1. The van der Waals surface area contributed by atoms with Crippen LogP contribution in [0.5, 0.6) is 0 Å². The van der Waals surface area contributed by atoms with Crippen molar-refractivity contribution < 1.29 is 0 Å². The molecule has 2 rings (SSSR count). The molecular formula is C14H25N3. The maximum Gasteiger partial charge on any atom is 0.0492 e. The van der Waals surface area contributed by atoms with Gasteiger partial charge in [-0.2, -0.15) is 5.10 Å². The lowest BCUT2D eigenvalue weighted by Gasteiger charge is -2.21. The highest BCUT2D eigenvalue weighted by atomic mass is 15.3. The monoisotopic (exact) mass is 235 g/mol. The van der Waals surface area contributed by atoms with Crippen LogP contribution in [0.3, 0.4) is 0 Å². The molecule has 2 unspecified atom stereocenters. The molecule has 0 radical (unpaired) electrons. The first-order valence-corrected chi connectivity index (χ1v) is 7.11. The fourth-order valence-electron chi connectivity index (χ4n) is 2.94. The summed E-state index contributed by atoms with van der Waals surface area (Å²) in [5.74, 6) is 0.676. The van der Waals surface area contributed by atoms with Gasteiger partial charge in [-0.1, -0.05) is 20.3 Å². The fourth-order valence-corrected chi connectivity index (χ4v) is 2.94. The molecule has 0 amide bonds. The number of rotatable bonds is 6. The number of nitrogens with one attached hydrogen (secondary N) is 1. The summed E-state index contributed by atoms with van der Waals surface area (Å²) in [6.07, 6.45) is 8.33. The first kappa shape index (κ1) is 12.6. The van der Waals surface area contributed by atoms with Gasteiger partial charge in [0.05, 0.1) is 0 Å². The Bertz CT molecular complexity index is 332. The smallest absolute Gasteiger partial charge is 0.0492 e. The summed E-state index contributed by atoms with van der Waals surface area (Å²) in [6.45, 7) is 6.65. The van der Waals surface area contributed by atoms with Crippen LogP contribution in [-0.4, -0.2) is 22.4 Å². The Kier molecular flexibility index (Phi) is 4.60. The van der Waals surface area contributed by atoms with E-state index in [1.807, 2.05) is 6.20 Å². The Morgan fingerprint density at radius 1 is 1.35 bits per heavy atom. The zero-order valence-corrected chi connectivity index (χ0v) is 11.2. The van der Waals surface area contributed by atoms with Crippen LogP contribution in [0.15, 0.2) is 12.3 Å². The third-order valence-corrected chi connectivity index (χ3v) is 3.74. The highest BCUT2D eigenvalue weighted by molar-refractivity contribution is 5.13. The summed E-state index contributed by atoms with van der Waals surface area (Å²) < 4.78 is 2.20. The average molecular weight is 235 g/mol. The van der Waals surface area contributed by atoms with Crippen molar-refractivity contribution >= 4 is 0 Å². The van der Waals surface area contributed by atoms with Crippen LogP contribution in [0.1, 0.15) is 57.6 Å². The van der Waals surface area contributed by atoms with Gasteiger partial charge in [0.2, 0.25) is 0 Å². The van der Waals surface area contributed by atoms with E-state index in [9.17, 15) is 0 Å². The Hall–Kier alpha value is -0.830. The minimum absolute atomic E-state index is 0.669. The number of aromatic nitrogens is 2. The van der Waals surface area contributed by atoms with E-state index in [4.69, 9.17) is 0 Å². The zero-order valence-electron chi connectivity index (χ0n) is 11.2. The molecule has 0 aromatic carbocycles. The van der Waals surface area contributed by atoms with Gasteiger partial charge in [-0.05, 0) is 38.3 Å². The molecule has 2 atom stereocenters. The predicted molar refractivity (Wildman–Crippen MR) is 71.2 cm³/mol. The SMILES string of the molecule is CCCNC1CCCC1c1ccnn1CCC. The van der Waals surface area contributed by atoms with Gasteiger partial charge in [0, 0.05) is 30.4 Å². The van der Waals surface area contributed by atoms with E-state index in [1.54, 1.807) is 0 Å². The quantitative estimate of drug-likeness (QED) is 0.821. The van der Waals surface area contributed by atoms with Gasteiger partial charge in [0.25, 0.3) is 0 Å². The van der Waals surface area contributed by atoms with E-state index in [2.05, 4.69) is 35.0 Å². The van der Waals surface area contributed by atoms with Crippen molar-refractivity contribution in [2.24, 2.45) is 0 Å². The normalized spacial score (nSPS) is 24.4. The molecule has 1 aromatic rings. The van der Waals surface area contributed by atoms with E-state index in [0.717, 1.165) is 19.5 Å². The molecule has 0 bridgehead atoms. The van der Waals surface area contributed by atoms with Gasteiger partial charge in [-0.15, -0.1) is 0 Å². The van der Waals surface area contributed by atoms with E-state index in [0.29, 0.717) is 12.0 Å². The Morgan fingerprint density at radius 2 is 2.24 bits per heavy atom. The molecule has 0 saturated heterocycles. The predicted octanol–water partition coefficient (Wildman–Crippen LogP) is 2.93. The second-order valence-corrected chi connectivity index (χ2v) is 5.08. The van der Waals surface area contributed by atoms with Crippen molar-refractivity contribution in [2.45, 2.75) is 64.5 Å². The van der Waals surface area contributed by atoms with Crippen LogP contribution in [-0.2, 0) is 6.54 Å². The second-order valence-electron chi connectivity index (χ2n) is 5.08. The van der Waals surface area contributed by atoms with Crippen LogP contribution in [0.4, 0.5) is 0 Å². The molecule has 96 valence electrons. The third kappa shape index (κ3) is 2.89. The summed E-state index contributed by atoms with van der Waals surface area (Å²) in [4.78, 5) is 0. The molecule has 1 fully saturated rings. The van der Waals surface area contributed by atoms with Crippen molar-refractivity contribution in [2.75, 3.05) is 6.54 Å². The molecule has 3 heteroatoms. The number of nitrogens with zero attached hydrogens (tertiary/aromatic N) is 2. The van der Waals surface area contributed by atoms with Crippen molar-refractivity contribution in [1.29, 1.82) is 0 Å². The maximum absolute atomic E-state index is 4.45. The van der Waals surface area contributed by atoms with Crippen molar-refractivity contribution in [1.82, 2.24) is 15.1 Å². The molecule has 1 aliphatic rings. The molecule has 1 aromatic heterocycles. The largest absolute Gasteiger partial charge is 0.313 e. The van der Waals surface area contributed by atoms with E-state index in [1.165, 1.54) is 31.4 Å². The van der Waals surface area contributed by atoms with Crippen molar-refractivity contribution in [3.63, 3.8) is 0 Å². The van der Waals surface area contributed by atoms with Crippen molar-refractivity contribution in [3.05, 3.63) is 18.0 Å². The molecule has 1 heterocycles. The number of hydrogen-bond acceptors (Lipinski definition) is 2. The standard InChI is InChI=1S/C14H25N3/c1-3-9-15-13-7-5-6-12(13)14-8-10-16-17(14)11-4-2/h8,10,12-13,15H,3-7,9,11H2,1-2H3. The Morgan fingerprint density at radius 3 is 3.00 bits per heavy atom. The van der Waals surface area contributed by atoms with Gasteiger partial charge in [0.15, 0.2) is 0 Å². The van der Waals surface area contributed by atoms with Gasteiger partial charge >= 0.3 is 0 Å². The Labute approximate surface area is 105 Å². The number of hydrogen-bond donors (Lipinski definition) is 1. The van der Waals surface area contributed by atoms with E-state index >= 15 is 0 Å². The summed E-state index contributed by atoms with van der Waals surface area (Å²) >= 11 is 0. The topological polar surface area (TPSA) is 29.9 Å². The molecule has 17 heavy (non-hydrogen) atoms. The molecule has 1 N–H and O–H groups in total. The van der Waals surface area contributed by atoms with E-state index < -0.39 is 0 Å². The van der Waals surface area contributed by atoms with Crippen LogP contribution in [0.2, 0.25) is 0 Å². The highest BCUT2D eigenvalue weighted by Crippen LogP contribution is 2.34. The van der Waals surface area contributed by atoms with Crippen LogP contribution in [0.25, 0.3) is 0 Å². The minimum atomic E-state index is 0.669. The average Bonchev–Trinajstić information content (AvgIpc) is 2.94. The lowest BCUT2D eigenvalue weighted by molar-refractivity contribution is 0.447. The Balaban J connectivity index is 2.06. The van der Waals surface area contributed by atoms with Gasteiger partial charge < -0.3 is 5.32 Å². The summed E-state index contributed by atoms with van der Waals surface area (Å²) in [5.41, 5.74) is 1.44. The molecule has 1 saturated carbocycles. The first-order chi connectivity index (χ1) is 8.36. The molecule has 3 nitrogen and oxygen atoms in total. The van der Waals surface area contributed by atoms with E-state index in [-0.39, 0.29) is 0 Å². The molecule has 0 aliphatic heterocycles. The van der Waals surface area contributed by atoms with Crippen LogP contribution in [0, 0.1) is 0 Å².